The lowest BCUT2D eigenvalue weighted by Gasteiger charge is -2.15. The van der Waals surface area contributed by atoms with Crippen molar-refractivity contribution in [2.75, 3.05) is 7.11 Å². The molecule has 0 spiro atoms. The van der Waals surface area contributed by atoms with Gasteiger partial charge in [0.25, 0.3) is 0 Å². The lowest BCUT2D eigenvalue weighted by molar-refractivity contribution is 0.132. The Morgan fingerprint density at radius 2 is 2.25 bits per heavy atom. The van der Waals surface area contributed by atoms with Crippen LogP contribution < -0.4 is 4.74 Å². The molecule has 2 nitrogen and oxygen atoms in total. The lowest BCUT2D eigenvalue weighted by atomic mass is 9.96. The number of rotatable bonds is 3. The third-order valence-corrected chi connectivity index (χ3v) is 4.13. The van der Waals surface area contributed by atoms with E-state index >= 15 is 0 Å². The number of aliphatic hydroxyl groups excluding tert-OH is 1. The van der Waals surface area contributed by atoms with Crippen LogP contribution in [0.4, 0.5) is 0 Å². The van der Waals surface area contributed by atoms with Gasteiger partial charge in [-0.25, -0.2) is 0 Å². The van der Waals surface area contributed by atoms with Gasteiger partial charge in [0.1, 0.15) is 5.75 Å². The van der Waals surface area contributed by atoms with Gasteiger partial charge in [0, 0.05) is 4.47 Å². The summed E-state index contributed by atoms with van der Waals surface area (Å²) in [6.45, 7) is 0. The minimum atomic E-state index is -0.127. The number of hydrogen-bond acceptors (Lipinski definition) is 2. The van der Waals surface area contributed by atoms with Gasteiger partial charge in [-0.15, -0.1) is 0 Å². The van der Waals surface area contributed by atoms with Gasteiger partial charge in [-0.3, -0.25) is 0 Å². The Morgan fingerprint density at radius 3 is 2.88 bits per heavy atom. The lowest BCUT2D eigenvalue weighted by Crippen LogP contribution is -2.15. The molecule has 0 saturated heterocycles. The second-order valence-corrected chi connectivity index (χ2v) is 5.27. The van der Waals surface area contributed by atoms with Crippen LogP contribution in [0.2, 0.25) is 0 Å². The minimum absolute atomic E-state index is 0.127. The van der Waals surface area contributed by atoms with Gasteiger partial charge in [-0.1, -0.05) is 22.4 Å². The topological polar surface area (TPSA) is 29.5 Å². The van der Waals surface area contributed by atoms with E-state index in [9.17, 15) is 5.11 Å². The predicted octanol–water partition coefficient (Wildman–Crippen LogP) is 3.16. The number of ether oxygens (including phenoxy) is 1. The van der Waals surface area contributed by atoms with Crippen molar-refractivity contribution in [3.05, 3.63) is 28.2 Å². The third kappa shape index (κ3) is 2.58. The number of methoxy groups -OCH3 is 1. The smallest absolute Gasteiger partial charge is 0.119 e. The highest BCUT2D eigenvalue weighted by Crippen LogP contribution is 2.32. The maximum Gasteiger partial charge on any atom is 0.119 e. The summed E-state index contributed by atoms with van der Waals surface area (Å²) in [6, 6.07) is 6.00. The molecule has 0 bridgehead atoms. The highest BCUT2D eigenvalue weighted by Gasteiger charge is 2.25. The van der Waals surface area contributed by atoms with Crippen molar-refractivity contribution in [3.63, 3.8) is 0 Å². The number of benzene rings is 1. The van der Waals surface area contributed by atoms with E-state index < -0.39 is 0 Å². The third-order valence-electron chi connectivity index (χ3n) is 3.35. The first-order valence-electron chi connectivity index (χ1n) is 5.71. The van der Waals surface area contributed by atoms with Crippen LogP contribution in [0.15, 0.2) is 22.7 Å². The van der Waals surface area contributed by atoms with Gasteiger partial charge >= 0.3 is 0 Å². The van der Waals surface area contributed by atoms with Crippen LogP contribution in [0.1, 0.15) is 24.8 Å². The molecular formula is C13H17BrO2. The van der Waals surface area contributed by atoms with E-state index in [1.807, 2.05) is 12.1 Å². The normalized spacial score (nSPS) is 24.7. The molecule has 1 aliphatic rings. The average Bonchev–Trinajstić information content (AvgIpc) is 2.68. The van der Waals surface area contributed by atoms with E-state index in [4.69, 9.17) is 4.74 Å². The van der Waals surface area contributed by atoms with Crippen LogP contribution >= 0.6 is 15.9 Å². The van der Waals surface area contributed by atoms with E-state index in [2.05, 4.69) is 22.0 Å². The molecule has 1 fully saturated rings. The standard InChI is InChI=1S/C13H17BrO2/c1-16-11-5-6-12(14)10(8-11)7-9-3-2-4-13(9)15/h5-6,8-9,13,15H,2-4,7H2,1H3. The maximum absolute atomic E-state index is 9.82. The van der Waals surface area contributed by atoms with Crippen LogP contribution in [0.3, 0.4) is 0 Å². The molecule has 1 saturated carbocycles. The fourth-order valence-electron chi connectivity index (χ4n) is 2.37. The van der Waals surface area contributed by atoms with Gasteiger partial charge in [0.2, 0.25) is 0 Å². The highest BCUT2D eigenvalue weighted by molar-refractivity contribution is 9.10. The number of halogens is 1. The molecule has 2 unspecified atom stereocenters. The molecule has 1 aromatic carbocycles. The molecule has 0 radical (unpaired) electrons. The summed E-state index contributed by atoms with van der Waals surface area (Å²) < 4.78 is 6.32. The Bertz CT molecular complexity index is 365. The first kappa shape index (κ1) is 11.9. The largest absolute Gasteiger partial charge is 0.497 e. The second kappa shape index (κ2) is 5.19. The van der Waals surface area contributed by atoms with Crippen molar-refractivity contribution in [1.29, 1.82) is 0 Å². The van der Waals surface area contributed by atoms with Crippen molar-refractivity contribution in [2.24, 2.45) is 5.92 Å². The number of hydrogen-bond donors (Lipinski definition) is 1. The Hall–Kier alpha value is -0.540. The fourth-order valence-corrected chi connectivity index (χ4v) is 2.78. The molecule has 1 aliphatic carbocycles. The maximum atomic E-state index is 9.82. The van der Waals surface area contributed by atoms with Gasteiger partial charge in [0.05, 0.1) is 13.2 Å². The Kier molecular flexibility index (Phi) is 3.87. The van der Waals surface area contributed by atoms with Crippen molar-refractivity contribution in [3.8, 4) is 5.75 Å². The van der Waals surface area contributed by atoms with E-state index in [0.29, 0.717) is 5.92 Å². The molecular weight excluding hydrogens is 268 g/mol. The van der Waals surface area contributed by atoms with Crippen LogP contribution in [0, 0.1) is 5.92 Å². The Morgan fingerprint density at radius 1 is 1.44 bits per heavy atom. The first-order valence-corrected chi connectivity index (χ1v) is 6.50. The van der Waals surface area contributed by atoms with Gasteiger partial charge in [-0.2, -0.15) is 0 Å². The van der Waals surface area contributed by atoms with Crippen molar-refractivity contribution in [1.82, 2.24) is 0 Å². The summed E-state index contributed by atoms with van der Waals surface area (Å²) in [5.74, 6) is 1.29. The monoisotopic (exact) mass is 284 g/mol. The van der Waals surface area contributed by atoms with E-state index in [-0.39, 0.29) is 6.10 Å². The Labute approximate surface area is 105 Å². The molecule has 0 aliphatic heterocycles. The Balaban J connectivity index is 2.13. The SMILES string of the molecule is COc1ccc(Br)c(CC2CCCC2O)c1. The molecule has 88 valence electrons. The summed E-state index contributed by atoms with van der Waals surface area (Å²) in [5.41, 5.74) is 1.23. The van der Waals surface area contributed by atoms with Gasteiger partial charge < -0.3 is 9.84 Å². The number of aliphatic hydroxyl groups is 1. The van der Waals surface area contributed by atoms with Crippen LogP contribution in [-0.2, 0) is 6.42 Å². The van der Waals surface area contributed by atoms with Crippen LogP contribution in [0.25, 0.3) is 0 Å². The molecule has 0 amide bonds. The summed E-state index contributed by atoms with van der Waals surface area (Å²) >= 11 is 3.55. The molecule has 2 rings (SSSR count). The van der Waals surface area contributed by atoms with Crippen molar-refractivity contribution < 1.29 is 9.84 Å². The quantitative estimate of drug-likeness (QED) is 0.924. The predicted molar refractivity (Wildman–Crippen MR) is 67.7 cm³/mol. The minimum Gasteiger partial charge on any atom is -0.497 e. The van der Waals surface area contributed by atoms with Crippen molar-refractivity contribution >= 4 is 15.9 Å². The summed E-state index contributed by atoms with van der Waals surface area (Å²) in [4.78, 5) is 0. The fraction of sp³-hybridized carbons (Fsp3) is 0.538. The van der Waals surface area contributed by atoms with Crippen LogP contribution in [0.5, 0.6) is 5.75 Å². The highest BCUT2D eigenvalue weighted by atomic mass is 79.9. The molecule has 0 heterocycles. The van der Waals surface area contributed by atoms with Crippen LogP contribution in [-0.4, -0.2) is 18.3 Å². The second-order valence-electron chi connectivity index (χ2n) is 4.42. The summed E-state index contributed by atoms with van der Waals surface area (Å²) in [7, 11) is 1.68. The molecule has 3 heteroatoms. The molecule has 0 aromatic heterocycles. The molecule has 1 N–H and O–H groups in total. The zero-order chi connectivity index (χ0) is 11.5. The molecule has 1 aromatic rings. The van der Waals surface area contributed by atoms with Crippen molar-refractivity contribution in [2.45, 2.75) is 31.8 Å². The summed E-state index contributed by atoms with van der Waals surface area (Å²) in [5, 5.41) is 9.82. The molecule has 2 atom stereocenters. The van der Waals surface area contributed by atoms with Gasteiger partial charge in [0.15, 0.2) is 0 Å². The summed E-state index contributed by atoms with van der Waals surface area (Å²) in [6.07, 6.45) is 4.03. The first-order chi connectivity index (χ1) is 7.70. The van der Waals surface area contributed by atoms with E-state index in [0.717, 1.165) is 35.9 Å². The van der Waals surface area contributed by atoms with E-state index in [1.165, 1.54) is 5.56 Å². The zero-order valence-corrected chi connectivity index (χ0v) is 11.0. The van der Waals surface area contributed by atoms with E-state index in [1.54, 1.807) is 7.11 Å². The average molecular weight is 285 g/mol. The molecule has 16 heavy (non-hydrogen) atoms. The van der Waals surface area contributed by atoms with Gasteiger partial charge in [-0.05, 0) is 48.9 Å². The zero-order valence-electron chi connectivity index (χ0n) is 9.45.